The fourth-order valence-electron chi connectivity index (χ4n) is 1.20. The number of methoxy groups -OCH3 is 1. The zero-order valence-corrected chi connectivity index (χ0v) is 8.54. The van der Waals surface area contributed by atoms with Crippen molar-refractivity contribution in [1.82, 2.24) is 0 Å². The average molecular weight is 228 g/mol. The van der Waals surface area contributed by atoms with Gasteiger partial charge in [0.05, 0.1) is 19.6 Å². The number of hydrogen-bond donors (Lipinski definition) is 4. The Bertz CT molecular complexity index is 401. The minimum Gasteiger partial charge on any atom is -0.504 e. The maximum Gasteiger partial charge on any atom is 0.308 e. The zero-order valence-electron chi connectivity index (χ0n) is 8.54. The Morgan fingerprint density at radius 2 is 1.94 bits per heavy atom. The van der Waals surface area contributed by atoms with Gasteiger partial charge in [0.1, 0.15) is 0 Å². The van der Waals surface area contributed by atoms with Gasteiger partial charge in [0.2, 0.25) is 5.75 Å². The van der Waals surface area contributed by atoms with Crippen LogP contribution in [-0.4, -0.2) is 33.5 Å². The van der Waals surface area contributed by atoms with Crippen LogP contribution in [-0.2, 0) is 9.53 Å². The maximum atomic E-state index is 10.9. The van der Waals surface area contributed by atoms with E-state index in [1.165, 1.54) is 13.2 Å². The summed E-state index contributed by atoms with van der Waals surface area (Å²) in [4.78, 5) is 10.9. The molecule has 0 saturated heterocycles. The van der Waals surface area contributed by atoms with Gasteiger partial charge < -0.3 is 25.2 Å². The minimum absolute atomic E-state index is 0.0549. The third-order valence-electron chi connectivity index (χ3n) is 2.11. The molecule has 0 bridgehead atoms. The predicted molar refractivity (Wildman–Crippen MR) is 53.0 cm³/mol. The van der Waals surface area contributed by atoms with E-state index in [1.54, 1.807) is 0 Å². The Morgan fingerprint density at radius 1 is 1.31 bits per heavy atom. The molecule has 1 aromatic carbocycles. The molecule has 6 nitrogen and oxygen atoms in total. The summed E-state index contributed by atoms with van der Waals surface area (Å²) in [7, 11) is 1.17. The number of phenols is 3. The van der Waals surface area contributed by atoms with Gasteiger partial charge in [0.15, 0.2) is 11.5 Å². The molecule has 1 unspecified atom stereocenters. The lowest BCUT2D eigenvalue weighted by atomic mass is 10.0. The number of carbonyl (C=O) groups excluding carboxylic acids is 1. The number of esters is 1. The second-order valence-corrected chi connectivity index (χ2v) is 3.17. The first-order chi connectivity index (χ1) is 7.47. The van der Waals surface area contributed by atoms with E-state index in [4.69, 9.17) is 5.11 Å². The minimum atomic E-state index is -1.31. The van der Waals surface area contributed by atoms with Crippen molar-refractivity contribution in [2.75, 3.05) is 7.11 Å². The van der Waals surface area contributed by atoms with Gasteiger partial charge in [-0.15, -0.1) is 0 Å². The van der Waals surface area contributed by atoms with Gasteiger partial charge in [-0.3, -0.25) is 4.79 Å². The summed E-state index contributed by atoms with van der Waals surface area (Å²) >= 11 is 0. The van der Waals surface area contributed by atoms with Crippen LogP contribution in [0.4, 0.5) is 0 Å². The summed E-state index contributed by atoms with van der Waals surface area (Å²) in [6.45, 7) is 0. The van der Waals surface area contributed by atoms with Crippen molar-refractivity contribution in [3.8, 4) is 17.2 Å². The Labute approximate surface area is 91.3 Å². The summed E-state index contributed by atoms with van der Waals surface area (Å²) in [5.41, 5.74) is -0.0549. The quantitative estimate of drug-likeness (QED) is 0.440. The normalized spacial score (nSPS) is 12.1. The van der Waals surface area contributed by atoms with Gasteiger partial charge in [0.25, 0.3) is 0 Å². The van der Waals surface area contributed by atoms with Crippen LogP contribution in [0.25, 0.3) is 0 Å². The number of phenolic OH excluding ortho intramolecular Hbond substituents is 3. The van der Waals surface area contributed by atoms with Crippen LogP contribution in [0.15, 0.2) is 12.1 Å². The maximum absolute atomic E-state index is 10.9. The third kappa shape index (κ3) is 2.34. The molecular weight excluding hydrogens is 216 g/mol. The van der Waals surface area contributed by atoms with Gasteiger partial charge in [-0.2, -0.15) is 0 Å². The first kappa shape index (κ1) is 12.1. The molecule has 0 spiro atoms. The molecule has 88 valence electrons. The molecule has 0 aromatic heterocycles. The lowest BCUT2D eigenvalue weighted by Gasteiger charge is -2.12. The highest BCUT2D eigenvalue weighted by atomic mass is 16.5. The number of benzene rings is 1. The van der Waals surface area contributed by atoms with Crippen molar-refractivity contribution in [1.29, 1.82) is 0 Å². The third-order valence-corrected chi connectivity index (χ3v) is 2.11. The zero-order chi connectivity index (χ0) is 12.3. The number of hydrogen-bond acceptors (Lipinski definition) is 6. The molecule has 0 saturated carbocycles. The Morgan fingerprint density at radius 3 is 2.50 bits per heavy atom. The Kier molecular flexibility index (Phi) is 3.57. The van der Waals surface area contributed by atoms with Gasteiger partial charge in [-0.05, 0) is 12.1 Å². The van der Waals surface area contributed by atoms with Crippen molar-refractivity contribution >= 4 is 5.97 Å². The second kappa shape index (κ2) is 4.71. The molecular formula is C10H12O6. The number of aliphatic hydroxyl groups is 1. The monoisotopic (exact) mass is 228 g/mol. The highest BCUT2D eigenvalue weighted by Gasteiger charge is 2.20. The second-order valence-electron chi connectivity index (χ2n) is 3.17. The molecule has 1 rings (SSSR count). The van der Waals surface area contributed by atoms with Gasteiger partial charge in [-0.25, -0.2) is 0 Å². The van der Waals surface area contributed by atoms with Crippen LogP contribution in [0, 0.1) is 0 Å². The summed E-state index contributed by atoms with van der Waals surface area (Å²) in [6.07, 6.45) is -1.66. The Balaban J connectivity index is 2.96. The van der Waals surface area contributed by atoms with Crippen molar-refractivity contribution in [2.24, 2.45) is 0 Å². The molecule has 0 fully saturated rings. The molecule has 0 aliphatic carbocycles. The van der Waals surface area contributed by atoms with Crippen LogP contribution in [0.2, 0.25) is 0 Å². The van der Waals surface area contributed by atoms with Crippen molar-refractivity contribution in [2.45, 2.75) is 12.5 Å². The molecule has 0 aliphatic heterocycles. The first-order valence-electron chi connectivity index (χ1n) is 4.46. The lowest BCUT2D eigenvalue weighted by Crippen LogP contribution is -2.08. The van der Waals surface area contributed by atoms with E-state index in [0.717, 1.165) is 6.07 Å². The molecule has 6 heteroatoms. The fourth-order valence-corrected chi connectivity index (χ4v) is 1.20. The van der Waals surface area contributed by atoms with E-state index in [9.17, 15) is 20.1 Å². The van der Waals surface area contributed by atoms with Gasteiger partial charge in [0, 0.05) is 5.56 Å². The van der Waals surface area contributed by atoms with Crippen LogP contribution < -0.4 is 0 Å². The van der Waals surface area contributed by atoms with Crippen LogP contribution in [0.5, 0.6) is 17.2 Å². The highest BCUT2D eigenvalue weighted by Crippen LogP contribution is 2.40. The van der Waals surface area contributed by atoms with Crippen molar-refractivity contribution in [3.05, 3.63) is 17.7 Å². The SMILES string of the molecule is COC(=O)CC(O)c1ccc(O)c(O)c1O. The van der Waals surface area contributed by atoms with Crippen LogP contribution >= 0.6 is 0 Å². The fraction of sp³-hybridized carbons (Fsp3) is 0.300. The van der Waals surface area contributed by atoms with Gasteiger partial charge >= 0.3 is 5.97 Å². The summed E-state index contributed by atoms with van der Waals surface area (Å²) in [5.74, 6) is -2.55. The van der Waals surface area contributed by atoms with Crippen LogP contribution in [0.1, 0.15) is 18.1 Å². The predicted octanol–water partition coefficient (Wildman–Crippen LogP) is 0.400. The molecule has 1 atom stereocenters. The number of aliphatic hydroxyl groups excluding tert-OH is 1. The topological polar surface area (TPSA) is 107 Å². The van der Waals surface area contributed by atoms with E-state index in [-0.39, 0.29) is 12.0 Å². The summed E-state index contributed by atoms with van der Waals surface area (Å²) in [5, 5.41) is 37.2. The van der Waals surface area contributed by atoms with E-state index in [1.807, 2.05) is 0 Å². The number of rotatable bonds is 3. The smallest absolute Gasteiger partial charge is 0.308 e. The molecule has 16 heavy (non-hydrogen) atoms. The Hall–Kier alpha value is -1.95. The number of carbonyl (C=O) groups is 1. The molecule has 1 aromatic rings. The van der Waals surface area contributed by atoms with E-state index >= 15 is 0 Å². The molecule has 4 N–H and O–H groups in total. The summed E-state index contributed by atoms with van der Waals surface area (Å²) < 4.78 is 4.34. The van der Waals surface area contributed by atoms with Crippen LogP contribution in [0.3, 0.4) is 0 Å². The average Bonchev–Trinajstić information content (AvgIpc) is 2.25. The van der Waals surface area contributed by atoms with Gasteiger partial charge in [-0.1, -0.05) is 0 Å². The van der Waals surface area contributed by atoms with E-state index < -0.39 is 29.3 Å². The largest absolute Gasteiger partial charge is 0.504 e. The van der Waals surface area contributed by atoms with Crippen molar-refractivity contribution in [3.63, 3.8) is 0 Å². The first-order valence-corrected chi connectivity index (χ1v) is 4.46. The molecule has 0 amide bonds. The van der Waals surface area contributed by atoms with Crippen molar-refractivity contribution < 1.29 is 30.0 Å². The standard InChI is InChI=1S/C10H12O6/c1-16-8(13)4-7(12)5-2-3-6(11)10(15)9(5)14/h2-3,7,11-12,14-15H,4H2,1H3. The number of aromatic hydroxyl groups is 3. The number of ether oxygens (including phenoxy) is 1. The molecule has 0 heterocycles. The van der Waals surface area contributed by atoms with E-state index in [0.29, 0.717) is 0 Å². The summed E-state index contributed by atoms with van der Waals surface area (Å²) in [6, 6.07) is 2.31. The van der Waals surface area contributed by atoms with E-state index in [2.05, 4.69) is 4.74 Å². The highest BCUT2D eigenvalue weighted by molar-refractivity contribution is 5.70. The molecule has 0 radical (unpaired) electrons. The lowest BCUT2D eigenvalue weighted by molar-refractivity contribution is -0.142. The molecule has 0 aliphatic rings.